The minimum Gasteiger partial charge on any atom is -0.461 e. The van der Waals surface area contributed by atoms with Crippen molar-refractivity contribution in [3.05, 3.63) is 101 Å². The normalized spacial score (nSPS) is 23.0. The van der Waals surface area contributed by atoms with E-state index in [4.69, 9.17) is 26.9 Å². The molecule has 4 aromatic carbocycles. The molecule has 1 aromatic heterocycles. The molecular weight excluding hydrogens is 594 g/mol. The predicted octanol–water partition coefficient (Wildman–Crippen LogP) is 5.89. The second-order valence-corrected chi connectivity index (χ2v) is 13.1. The van der Waals surface area contributed by atoms with Gasteiger partial charge in [-0.15, -0.1) is 6.42 Å². The Labute approximate surface area is 271 Å². The molecule has 0 spiro atoms. The van der Waals surface area contributed by atoms with Crippen molar-refractivity contribution in [2.75, 3.05) is 36.9 Å². The Morgan fingerprint density at radius 3 is 2.68 bits per heavy atom. The molecule has 47 heavy (non-hydrogen) atoms. The molecule has 0 saturated carbocycles. The van der Waals surface area contributed by atoms with E-state index in [0.29, 0.717) is 52.9 Å². The van der Waals surface area contributed by atoms with Crippen molar-refractivity contribution in [3.63, 3.8) is 0 Å². The second kappa shape index (κ2) is 10.5. The van der Waals surface area contributed by atoms with E-state index in [1.54, 1.807) is 24.3 Å². The fourth-order valence-electron chi connectivity index (χ4n) is 8.27. The molecule has 0 amide bonds. The molecule has 7 nitrogen and oxygen atoms in total. The Bertz CT molecular complexity index is 2180. The third-order valence-corrected chi connectivity index (χ3v) is 10.4. The lowest BCUT2D eigenvalue weighted by molar-refractivity contribution is 0.0826. The van der Waals surface area contributed by atoms with Gasteiger partial charge < -0.3 is 20.7 Å². The zero-order chi connectivity index (χ0) is 31.9. The van der Waals surface area contributed by atoms with Crippen molar-refractivity contribution in [2.45, 2.75) is 37.0 Å². The number of fused-ring (bicyclic) bond motifs is 7. The van der Waals surface area contributed by atoms with E-state index in [1.807, 2.05) is 6.07 Å². The summed E-state index contributed by atoms with van der Waals surface area (Å²) in [6.45, 7) is 3.59. The molecule has 9 rings (SSSR count). The molecule has 4 aliphatic rings. The van der Waals surface area contributed by atoms with Crippen LogP contribution in [0.3, 0.4) is 0 Å². The van der Waals surface area contributed by atoms with Crippen molar-refractivity contribution in [1.29, 1.82) is 0 Å². The van der Waals surface area contributed by atoms with Gasteiger partial charge in [0, 0.05) is 53.7 Å². The molecule has 0 radical (unpaired) electrons. The highest BCUT2D eigenvalue weighted by Gasteiger charge is 2.48. The SMILES string of the molecule is C#Cc1c(F)ccc2cc(N)cc(-c3ccc4c(N5CC6C=CC(C5)N6)nc(OC[C@@]56CCCN5Cc5ccccc56)nc4c3F)c12. The number of terminal acetylenes is 1. The van der Waals surface area contributed by atoms with E-state index in [9.17, 15) is 4.39 Å². The number of nitrogens with one attached hydrogen (secondary N) is 1. The summed E-state index contributed by atoms with van der Waals surface area (Å²) in [7, 11) is 0. The fraction of sp³-hybridized carbons (Fsp3) is 0.263. The van der Waals surface area contributed by atoms with Crippen molar-refractivity contribution < 1.29 is 13.5 Å². The quantitative estimate of drug-likeness (QED) is 0.143. The van der Waals surface area contributed by atoms with Crippen molar-refractivity contribution >= 4 is 33.2 Å². The first kappa shape index (κ1) is 28.2. The van der Waals surface area contributed by atoms with E-state index in [2.05, 4.69) is 57.5 Å². The summed E-state index contributed by atoms with van der Waals surface area (Å²) in [4.78, 5) is 14.3. The largest absolute Gasteiger partial charge is 0.461 e. The van der Waals surface area contributed by atoms with Crippen LogP contribution in [0, 0.1) is 24.0 Å². The molecule has 234 valence electrons. The van der Waals surface area contributed by atoms with Crippen LogP contribution in [0.1, 0.15) is 29.5 Å². The number of nitrogens with two attached hydrogens (primary N) is 1. The molecule has 3 N–H and O–H groups in total. The highest BCUT2D eigenvalue weighted by molar-refractivity contribution is 6.04. The molecule has 4 aliphatic heterocycles. The molecule has 5 heterocycles. The first-order chi connectivity index (χ1) is 22.9. The smallest absolute Gasteiger partial charge is 0.319 e. The lowest BCUT2D eigenvalue weighted by atomic mass is 9.89. The van der Waals surface area contributed by atoms with Crippen LogP contribution in [0.5, 0.6) is 6.01 Å². The molecule has 3 atom stereocenters. The Morgan fingerprint density at radius 1 is 1.02 bits per heavy atom. The standard InChI is InChI=1S/C38H32F2N6O/c1-2-27-32(39)13-8-22-16-24(41)17-30(33(22)27)28-11-12-29-35(34(28)40)43-37(44-36(29)45-19-25-9-10-26(20-45)42-25)47-21-38-14-5-15-46(38)18-23-6-3-4-7-31(23)38/h1,3-4,6-13,16-17,25-26,42H,5,14-15,18-21,41H2/t25?,26?,38-/m1/s1. The van der Waals surface area contributed by atoms with E-state index in [0.717, 1.165) is 25.9 Å². The molecule has 2 unspecified atom stereocenters. The van der Waals surface area contributed by atoms with Gasteiger partial charge in [0.05, 0.1) is 11.1 Å². The summed E-state index contributed by atoms with van der Waals surface area (Å²) in [5.74, 6) is 1.96. The van der Waals surface area contributed by atoms with Gasteiger partial charge >= 0.3 is 6.01 Å². The predicted molar refractivity (Wildman–Crippen MR) is 180 cm³/mol. The maximum atomic E-state index is 17.0. The number of anilines is 2. The Hall–Kier alpha value is -5.04. The van der Waals surface area contributed by atoms with Crippen molar-refractivity contribution in [1.82, 2.24) is 20.2 Å². The van der Waals surface area contributed by atoms with Gasteiger partial charge in [-0.25, -0.2) is 8.78 Å². The van der Waals surface area contributed by atoms with Gasteiger partial charge in [-0.05, 0) is 65.7 Å². The van der Waals surface area contributed by atoms with Gasteiger partial charge in [0.1, 0.15) is 23.8 Å². The summed E-state index contributed by atoms with van der Waals surface area (Å²) in [6, 6.07) is 18.8. The summed E-state index contributed by atoms with van der Waals surface area (Å²) in [5, 5.41) is 5.19. The number of rotatable bonds is 5. The number of halogens is 2. The van der Waals surface area contributed by atoms with Gasteiger partial charge in [0.15, 0.2) is 5.82 Å². The lowest BCUT2D eigenvalue weighted by Crippen LogP contribution is -2.52. The highest BCUT2D eigenvalue weighted by Crippen LogP contribution is 2.47. The second-order valence-electron chi connectivity index (χ2n) is 13.1. The average molecular weight is 627 g/mol. The minimum absolute atomic E-state index is 0.0606. The number of aromatic nitrogens is 2. The Morgan fingerprint density at radius 2 is 1.85 bits per heavy atom. The van der Waals surface area contributed by atoms with Crippen LogP contribution >= 0.6 is 0 Å². The average Bonchev–Trinajstić information content (AvgIpc) is 3.74. The number of ether oxygens (including phenoxy) is 1. The molecule has 0 aliphatic carbocycles. The van der Waals surface area contributed by atoms with Gasteiger partial charge in [0.25, 0.3) is 0 Å². The van der Waals surface area contributed by atoms with Crippen LogP contribution in [0.4, 0.5) is 20.3 Å². The summed E-state index contributed by atoms with van der Waals surface area (Å²) >= 11 is 0. The zero-order valence-corrected chi connectivity index (χ0v) is 25.6. The minimum atomic E-state index is -0.571. The molecular formula is C38H32F2N6O. The number of benzene rings is 4. The van der Waals surface area contributed by atoms with E-state index in [1.165, 1.54) is 17.2 Å². The lowest BCUT2D eigenvalue weighted by Gasteiger charge is -2.35. The topological polar surface area (TPSA) is 79.5 Å². The monoisotopic (exact) mass is 626 g/mol. The van der Waals surface area contributed by atoms with Crippen LogP contribution in [-0.2, 0) is 12.1 Å². The molecule has 5 aromatic rings. The number of hydrogen-bond donors (Lipinski definition) is 2. The van der Waals surface area contributed by atoms with Crippen LogP contribution in [0.15, 0.2) is 72.8 Å². The summed E-state index contributed by atoms with van der Waals surface area (Å²) < 4.78 is 38.5. The number of piperazine rings is 1. The third kappa shape index (κ3) is 4.32. The first-order valence-corrected chi connectivity index (χ1v) is 16.1. The Kier molecular flexibility index (Phi) is 6.30. The molecule has 2 fully saturated rings. The first-order valence-electron chi connectivity index (χ1n) is 16.1. The van der Waals surface area contributed by atoms with Crippen LogP contribution < -0.4 is 20.7 Å². The van der Waals surface area contributed by atoms with Crippen molar-refractivity contribution in [2.24, 2.45) is 0 Å². The van der Waals surface area contributed by atoms with Gasteiger partial charge in [-0.2, -0.15) is 9.97 Å². The molecule has 2 saturated heterocycles. The van der Waals surface area contributed by atoms with Crippen LogP contribution in [0.25, 0.3) is 32.8 Å². The van der Waals surface area contributed by atoms with Crippen LogP contribution in [-0.4, -0.2) is 53.2 Å². The molecule has 2 bridgehead atoms. The number of hydrogen-bond acceptors (Lipinski definition) is 7. The number of nitrogen functional groups attached to an aromatic ring is 1. The maximum absolute atomic E-state index is 17.0. The van der Waals surface area contributed by atoms with Crippen LogP contribution in [0.2, 0.25) is 0 Å². The van der Waals surface area contributed by atoms with E-state index >= 15 is 4.39 Å². The fourth-order valence-corrected chi connectivity index (χ4v) is 8.27. The van der Waals surface area contributed by atoms with Gasteiger partial charge in [-0.1, -0.05) is 54.5 Å². The zero-order valence-electron chi connectivity index (χ0n) is 25.6. The summed E-state index contributed by atoms with van der Waals surface area (Å²) in [5.41, 5.74) is 9.82. The third-order valence-electron chi connectivity index (χ3n) is 10.4. The number of nitrogens with zero attached hydrogens (tertiary/aromatic N) is 4. The van der Waals surface area contributed by atoms with E-state index in [-0.39, 0.29) is 40.3 Å². The van der Waals surface area contributed by atoms with Crippen molar-refractivity contribution in [3.8, 4) is 29.5 Å². The maximum Gasteiger partial charge on any atom is 0.319 e. The molecule has 9 heteroatoms. The van der Waals surface area contributed by atoms with E-state index < -0.39 is 11.6 Å². The summed E-state index contributed by atoms with van der Waals surface area (Å²) in [6.07, 6.45) is 12.1. The van der Waals surface area contributed by atoms with Gasteiger partial charge in [0.2, 0.25) is 0 Å². The van der Waals surface area contributed by atoms with Gasteiger partial charge in [-0.3, -0.25) is 4.90 Å². The Balaban J connectivity index is 1.20. The highest BCUT2D eigenvalue weighted by atomic mass is 19.1.